The Labute approximate surface area is 93.9 Å². The third-order valence-corrected chi connectivity index (χ3v) is 3.06. The van der Waals surface area contributed by atoms with Crippen molar-refractivity contribution in [3.05, 3.63) is 0 Å². The maximum atomic E-state index is 10.0. The summed E-state index contributed by atoms with van der Waals surface area (Å²) < 4.78 is 0. The van der Waals surface area contributed by atoms with Crippen molar-refractivity contribution in [1.29, 1.82) is 0 Å². The van der Waals surface area contributed by atoms with Gasteiger partial charge in [-0.25, -0.2) is 0 Å². The van der Waals surface area contributed by atoms with E-state index >= 15 is 0 Å². The Kier molecular flexibility index (Phi) is 6.41. The second-order valence-corrected chi connectivity index (χ2v) is 4.78. The van der Waals surface area contributed by atoms with E-state index in [0.717, 1.165) is 25.7 Å². The fourth-order valence-corrected chi connectivity index (χ4v) is 1.69. The maximum absolute atomic E-state index is 10.0. The molecule has 0 aliphatic rings. The molecule has 3 heteroatoms. The molecule has 3 N–H and O–H groups in total. The van der Waals surface area contributed by atoms with Crippen molar-refractivity contribution in [2.24, 2.45) is 0 Å². The highest BCUT2D eigenvalue weighted by atomic mass is 16.3. The van der Waals surface area contributed by atoms with Crippen molar-refractivity contribution < 1.29 is 10.2 Å². The molecular formula is C12H27NO2. The minimum absolute atomic E-state index is 0.545. The lowest BCUT2D eigenvalue weighted by Gasteiger charge is -2.29. The van der Waals surface area contributed by atoms with Gasteiger partial charge in [-0.1, -0.05) is 27.2 Å². The molecule has 0 bridgehead atoms. The SMILES string of the molecule is CCCC(C)(O)CNCC(O)(CC)CC. The van der Waals surface area contributed by atoms with Crippen molar-refractivity contribution in [3.63, 3.8) is 0 Å². The number of nitrogens with one attached hydrogen (secondary N) is 1. The summed E-state index contributed by atoms with van der Waals surface area (Å²) in [6.07, 6.45) is 3.25. The van der Waals surface area contributed by atoms with Crippen molar-refractivity contribution in [3.8, 4) is 0 Å². The summed E-state index contributed by atoms with van der Waals surface area (Å²) in [5.41, 5.74) is -1.28. The summed E-state index contributed by atoms with van der Waals surface area (Å²) in [6.45, 7) is 8.96. The Morgan fingerprint density at radius 1 is 1.00 bits per heavy atom. The highest BCUT2D eigenvalue weighted by molar-refractivity contribution is 4.81. The predicted molar refractivity (Wildman–Crippen MR) is 63.9 cm³/mol. The Balaban J connectivity index is 3.87. The predicted octanol–water partition coefficient (Wildman–Crippen LogP) is 1.68. The lowest BCUT2D eigenvalue weighted by Crippen LogP contribution is -2.45. The van der Waals surface area contributed by atoms with Gasteiger partial charge in [-0.3, -0.25) is 0 Å². The normalized spacial score (nSPS) is 16.4. The lowest BCUT2D eigenvalue weighted by atomic mass is 9.96. The first kappa shape index (κ1) is 14.9. The van der Waals surface area contributed by atoms with E-state index in [2.05, 4.69) is 12.2 Å². The van der Waals surface area contributed by atoms with Gasteiger partial charge in [0.2, 0.25) is 0 Å². The van der Waals surface area contributed by atoms with Crippen LogP contribution in [0.15, 0.2) is 0 Å². The van der Waals surface area contributed by atoms with Crippen LogP contribution < -0.4 is 5.32 Å². The molecule has 0 saturated carbocycles. The topological polar surface area (TPSA) is 52.5 Å². The van der Waals surface area contributed by atoms with Gasteiger partial charge >= 0.3 is 0 Å². The molecule has 3 nitrogen and oxygen atoms in total. The van der Waals surface area contributed by atoms with E-state index in [0.29, 0.717) is 13.1 Å². The number of aliphatic hydroxyl groups is 2. The average Bonchev–Trinajstić information content (AvgIpc) is 2.17. The summed E-state index contributed by atoms with van der Waals surface area (Å²) in [4.78, 5) is 0. The molecule has 0 aromatic carbocycles. The quantitative estimate of drug-likeness (QED) is 0.580. The standard InChI is InChI=1S/C12H27NO2/c1-5-8-11(4,14)9-13-10-12(15,6-2)7-3/h13-15H,5-10H2,1-4H3. The minimum Gasteiger partial charge on any atom is -0.389 e. The van der Waals surface area contributed by atoms with E-state index in [1.54, 1.807) is 0 Å². The van der Waals surface area contributed by atoms with Crippen molar-refractivity contribution in [2.45, 2.75) is 64.6 Å². The summed E-state index contributed by atoms with van der Waals surface area (Å²) >= 11 is 0. The van der Waals surface area contributed by atoms with Crippen LogP contribution in [0.5, 0.6) is 0 Å². The zero-order chi connectivity index (χ0) is 11.9. The molecule has 15 heavy (non-hydrogen) atoms. The first-order chi connectivity index (χ1) is 6.89. The molecule has 0 aromatic rings. The van der Waals surface area contributed by atoms with Crippen molar-refractivity contribution in [2.75, 3.05) is 13.1 Å². The molecule has 0 aromatic heterocycles. The third kappa shape index (κ3) is 6.13. The van der Waals surface area contributed by atoms with Crippen LogP contribution in [0.3, 0.4) is 0 Å². The van der Waals surface area contributed by atoms with Gasteiger partial charge < -0.3 is 15.5 Å². The molecule has 0 radical (unpaired) electrons. The smallest absolute Gasteiger partial charge is 0.0766 e. The van der Waals surface area contributed by atoms with Crippen LogP contribution in [-0.2, 0) is 0 Å². The molecular weight excluding hydrogens is 190 g/mol. The Morgan fingerprint density at radius 3 is 1.93 bits per heavy atom. The lowest BCUT2D eigenvalue weighted by molar-refractivity contribution is 0.0148. The second-order valence-electron chi connectivity index (χ2n) is 4.78. The van der Waals surface area contributed by atoms with Crippen LogP contribution in [0.2, 0.25) is 0 Å². The molecule has 0 rings (SSSR count). The minimum atomic E-state index is -0.656. The largest absolute Gasteiger partial charge is 0.389 e. The van der Waals surface area contributed by atoms with Gasteiger partial charge in [0.1, 0.15) is 0 Å². The van der Waals surface area contributed by atoms with Crippen LogP contribution in [0.1, 0.15) is 53.4 Å². The fraction of sp³-hybridized carbons (Fsp3) is 1.00. The van der Waals surface area contributed by atoms with E-state index in [1.807, 2.05) is 20.8 Å². The first-order valence-electron chi connectivity index (χ1n) is 6.04. The Hall–Kier alpha value is -0.120. The van der Waals surface area contributed by atoms with Gasteiger partial charge in [0.25, 0.3) is 0 Å². The zero-order valence-corrected chi connectivity index (χ0v) is 10.6. The van der Waals surface area contributed by atoms with Gasteiger partial charge in [0, 0.05) is 13.1 Å². The summed E-state index contributed by atoms with van der Waals surface area (Å²) in [6, 6.07) is 0. The molecule has 0 saturated heterocycles. The van der Waals surface area contributed by atoms with Gasteiger partial charge in [-0.2, -0.15) is 0 Å². The zero-order valence-electron chi connectivity index (χ0n) is 10.6. The molecule has 92 valence electrons. The summed E-state index contributed by atoms with van der Waals surface area (Å²) in [5.74, 6) is 0. The van der Waals surface area contributed by atoms with Crippen molar-refractivity contribution in [1.82, 2.24) is 5.32 Å². The van der Waals surface area contributed by atoms with E-state index in [-0.39, 0.29) is 0 Å². The summed E-state index contributed by atoms with van der Waals surface area (Å²) in [5, 5.41) is 23.1. The Bertz CT molecular complexity index is 165. The number of hydrogen-bond acceptors (Lipinski definition) is 3. The second kappa shape index (κ2) is 6.46. The average molecular weight is 217 g/mol. The summed E-state index contributed by atoms with van der Waals surface area (Å²) in [7, 11) is 0. The third-order valence-electron chi connectivity index (χ3n) is 3.06. The van der Waals surface area contributed by atoms with E-state index < -0.39 is 11.2 Å². The fourth-order valence-electron chi connectivity index (χ4n) is 1.69. The van der Waals surface area contributed by atoms with Crippen molar-refractivity contribution >= 4 is 0 Å². The van der Waals surface area contributed by atoms with Crippen LogP contribution >= 0.6 is 0 Å². The molecule has 0 spiro atoms. The molecule has 1 unspecified atom stereocenters. The number of rotatable bonds is 8. The number of hydrogen-bond donors (Lipinski definition) is 3. The van der Waals surface area contributed by atoms with Gasteiger partial charge in [-0.15, -0.1) is 0 Å². The monoisotopic (exact) mass is 217 g/mol. The highest BCUT2D eigenvalue weighted by Crippen LogP contribution is 2.14. The van der Waals surface area contributed by atoms with Gasteiger partial charge in [0.15, 0.2) is 0 Å². The van der Waals surface area contributed by atoms with Crippen LogP contribution in [-0.4, -0.2) is 34.5 Å². The maximum Gasteiger partial charge on any atom is 0.0766 e. The Morgan fingerprint density at radius 2 is 1.53 bits per heavy atom. The molecule has 0 aliphatic heterocycles. The molecule has 0 aliphatic carbocycles. The van der Waals surface area contributed by atoms with E-state index in [4.69, 9.17) is 0 Å². The van der Waals surface area contributed by atoms with Gasteiger partial charge in [-0.05, 0) is 26.2 Å². The highest BCUT2D eigenvalue weighted by Gasteiger charge is 2.24. The van der Waals surface area contributed by atoms with Gasteiger partial charge in [0.05, 0.1) is 11.2 Å². The van der Waals surface area contributed by atoms with Crippen LogP contribution in [0, 0.1) is 0 Å². The van der Waals surface area contributed by atoms with E-state index in [9.17, 15) is 10.2 Å². The van der Waals surface area contributed by atoms with E-state index in [1.165, 1.54) is 0 Å². The molecule has 0 fully saturated rings. The first-order valence-corrected chi connectivity index (χ1v) is 6.04. The molecule has 1 atom stereocenters. The van der Waals surface area contributed by atoms with Crippen LogP contribution in [0.25, 0.3) is 0 Å². The molecule has 0 amide bonds. The van der Waals surface area contributed by atoms with Crippen LogP contribution in [0.4, 0.5) is 0 Å². The molecule has 0 heterocycles.